The summed E-state index contributed by atoms with van der Waals surface area (Å²) >= 11 is 0. The van der Waals surface area contributed by atoms with Gasteiger partial charge in [-0.3, -0.25) is 0 Å². The lowest BCUT2D eigenvalue weighted by Crippen LogP contribution is -2.37. The molecular formula is C17H23BN2O3. The van der Waals surface area contributed by atoms with Crippen LogP contribution in [-0.2, 0) is 16.6 Å². The van der Waals surface area contributed by atoms with E-state index in [9.17, 15) is 10.0 Å². The molecular weight excluding hydrogens is 291 g/mol. The molecule has 1 atom stereocenters. The maximum Gasteiger partial charge on any atom is 0.489 e. The molecule has 1 fully saturated rings. The first-order chi connectivity index (χ1) is 11.0. The Hall–Kier alpha value is -1.37. The number of nitrogens with zero attached hydrogens (tertiary/aromatic N) is 2. The molecule has 23 heavy (non-hydrogen) atoms. The van der Waals surface area contributed by atoms with Gasteiger partial charge >= 0.3 is 7.12 Å². The van der Waals surface area contributed by atoms with Crippen LogP contribution in [0.2, 0.25) is 0 Å². The Balaban J connectivity index is 1.93. The molecule has 4 rings (SSSR count). The second-order valence-corrected chi connectivity index (χ2v) is 7.43. The largest absolute Gasteiger partial charge is 0.489 e. The lowest BCUT2D eigenvalue weighted by molar-refractivity contribution is -0.0366. The molecule has 1 aliphatic carbocycles. The fourth-order valence-electron chi connectivity index (χ4n) is 4.25. The number of aryl methyl sites for hydroxylation is 1. The molecule has 2 aromatic rings. The van der Waals surface area contributed by atoms with E-state index in [-0.39, 0.29) is 11.6 Å². The summed E-state index contributed by atoms with van der Waals surface area (Å²) in [4.78, 5) is 0. The zero-order chi connectivity index (χ0) is 16.2. The number of fused-ring (bicyclic) bond motifs is 2. The highest BCUT2D eigenvalue weighted by molar-refractivity contribution is 6.62. The van der Waals surface area contributed by atoms with Gasteiger partial charge in [0.2, 0.25) is 0 Å². The van der Waals surface area contributed by atoms with E-state index < -0.39 is 7.12 Å². The van der Waals surface area contributed by atoms with Crippen LogP contribution in [0.1, 0.15) is 56.9 Å². The van der Waals surface area contributed by atoms with Gasteiger partial charge in [0.25, 0.3) is 0 Å². The molecule has 122 valence electrons. The predicted octanol–water partition coefficient (Wildman–Crippen LogP) is 1.64. The molecule has 0 radical (unpaired) electrons. The lowest BCUT2D eigenvalue weighted by Gasteiger charge is -2.25. The summed E-state index contributed by atoms with van der Waals surface area (Å²) in [6.45, 7) is 5.11. The smallest absolute Gasteiger partial charge is 0.423 e. The highest BCUT2D eigenvalue weighted by Gasteiger charge is 2.37. The van der Waals surface area contributed by atoms with Crippen LogP contribution in [0, 0.1) is 0 Å². The molecule has 2 aliphatic rings. The van der Waals surface area contributed by atoms with Gasteiger partial charge in [0.1, 0.15) is 0 Å². The Kier molecular flexibility index (Phi) is 3.52. The molecule has 1 aromatic heterocycles. The summed E-state index contributed by atoms with van der Waals surface area (Å²) in [5.41, 5.74) is 3.84. The van der Waals surface area contributed by atoms with E-state index in [0.29, 0.717) is 5.46 Å². The van der Waals surface area contributed by atoms with E-state index in [1.54, 1.807) is 6.20 Å². The van der Waals surface area contributed by atoms with Gasteiger partial charge in [-0.05, 0) is 60.2 Å². The van der Waals surface area contributed by atoms with Gasteiger partial charge in [0, 0.05) is 12.0 Å². The maximum absolute atomic E-state index is 10.0. The van der Waals surface area contributed by atoms with Crippen molar-refractivity contribution in [2.75, 3.05) is 6.61 Å². The Morgan fingerprint density at radius 1 is 1.35 bits per heavy atom. The number of rotatable bonds is 2. The van der Waals surface area contributed by atoms with Crippen LogP contribution in [-0.4, -0.2) is 33.6 Å². The van der Waals surface area contributed by atoms with Crippen LogP contribution in [0.25, 0.3) is 10.9 Å². The minimum atomic E-state index is -1.48. The topological polar surface area (TPSA) is 67.5 Å². The summed E-state index contributed by atoms with van der Waals surface area (Å²) in [7, 11) is -1.48. The van der Waals surface area contributed by atoms with Crippen molar-refractivity contribution in [3.63, 3.8) is 0 Å². The number of aromatic nitrogens is 2. The molecule has 1 aliphatic heterocycles. The van der Waals surface area contributed by atoms with E-state index >= 15 is 0 Å². The van der Waals surface area contributed by atoms with E-state index in [1.807, 2.05) is 4.68 Å². The van der Waals surface area contributed by atoms with Crippen molar-refractivity contribution in [3.05, 3.63) is 23.4 Å². The first-order valence-electron chi connectivity index (χ1n) is 8.50. The third-order valence-corrected chi connectivity index (χ3v) is 5.41. The van der Waals surface area contributed by atoms with Gasteiger partial charge in [-0.1, -0.05) is 13.8 Å². The van der Waals surface area contributed by atoms with Gasteiger partial charge in [0.15, 0.2) is 6.23 Å². The second kappa shape index (κ2) is 5.33. The van der Waals surface area contributed by atoms with Crippen LogP contribution < -0.4 is 5.46 Å². The van der Waals surface area contributed by atoms with Crippen LogP contribution >= 0.6 is 0 Å². The van der Waals surface area contributed by atoms with Crippen molar-refractivity contribution in [1.29, 1.82) is 0 Å². The van der Waals surface area contributed by atoms with Crippen LogP contribution in [0.3, 0.4) is 0 Å². The van der Waals surface area contributed by atoms with Crippen LogP contribution in [0.4, 0.5) is 0 Å². The number of hydrogen-bond donors (Lipinski definition) is 2. The Labute approximate surface area is 136 Å². The molecule has 1 aromatic carbocycles. The average molecular weight is 314 g/mol. The summed E-state index contributed by atoms with van der Waals surface area (Å²) in [6.07, 6.45) is 6.90. The second-order valence-electron chi connectivity index (χ2n) is 7.43. The first-order valence-corrected chi connectivity index (χ1v) is 8.50. The van der Waals surface area contributed by atoms with E-state index in [2.05, 4.69) is 25.0 Å². The van der Waals surface area contributed by atoms with E-state index in [4.69, 9.17) is 4.74 Å². The normalized spacial score (nSPS) is 23.2. The van der Waals surface area contributed by atoms with Crippen molar-refractivity contribution in [2.45, 2.75) is 57.6 Å². The van der Waals surface area contributed by atoms with Crippen LogP contribution in [0.15, 0.2) is 12.3 Å². The minimum Gasteiger partial charge on any atom is -0.423 e. The summed E-state index contributed by atoms with van der Waals surface area (Å²) in [6, 6.07) is 2.18. The molecule has 0 amide bonds. The zero-order valence-electron chi connectivity index (χ0n) is 13.7. The SMILES string of the molecule is CC1(C)CCc2cc3c(cnn3C3CCCCO3)c(B(O)O)c21. The van der Waals surface area contributed by atoms with Gasteiger partial charge in [-0.15, -0.1) is 0 Å². The van der Waals surface area contributed by atoms with Crippen molar-refractivity contribution in [2.24, 2.45) is 0 Å². The van der Waals surface area contributed by atoms with Gasteiger partial charge < -0.3 is 14.8 Å². The third-order valence-electron chi connectivity index (χ3n) is 5.41. The molecule has 1 saturated heterocycles. The highest BCUT2D eigenvalue weighted by Crippen LogP contribution is 2.39. The Morgan fingerprint density at radius 3 is 2.87 bits per heavy atom. The summed E-state index contributed by atoms with van der Waals surface area (Å²) in [5, 5.41) is 25.4. The van der Waals surface area contributed by atoms with Gasteiger partial charge in [-0.25, -0.2) is 4.68 Å². The quantitative estimate of drug-likeness (QED) is 0.827. The molecule has 1 unspecified atom stereocenters. The first kappa shape index (κ1) is 15.2. The highest BCUT2D eigenvalue weighted by atomic mass is 16.5. The molecule has 6 heteroatoms. The Morgan fingerprint density at radius 2 is 2.17 bits per heavy atom. The van der Waals surface area contributed by atoms with Crippen molar-refractivity contribution >= 4 is 23.5 Å². The molecule has 0 saturated carbocycles. The zero-order valence-corrected chi connectivity index (χ0v) is 13.7. The van der Waals surface area contributed by atoms with E-state index in [0.717, 1.165) is 55.2 Å². The molecule has 5 nitrogen and oxygen atoms in total. The molecule has 0 spiro atoms. The predicted molar refractivity (Wildman–Crippen MR) is 89.7 cm³/mol. The Bertz CT molecular complexity index is 748. The number of ether oxygens (including phenoxy) is 1. The van der Waals surface area contributed by atoms with Crippen molar-refractivity contribution < 1.29 is 14.8 Å². The van der Waals surface area contributed by atoms with Gasteiger partial charge in [0.05, 0.1) is 11.7 Å². The monoisotopic (exact) mass is 314 g/mol. The number of benzene rings is 1. The van der Waals surface area contributed by atoms with Crippen LogP contribution in [0.5, 0.6) is 0 Å². The fourth-order valence-corrected chi connectivity index (χ4v) is 4.25. The summed E-state index contributed by atoms with van der Waals surface area (Å²) < 4.78 is 7.79. The average Bonchev–Trinajstić information content (AvgIpc) is 3.07. The van der Waals surface area contributed by atoms with Crippen molar-refractivity contribution in [1.82, 2.24) is 9.78 Å². The van der Waals surface area contributed by atoms with E-state index in [1.165, 1.54) is 5.56 Å². The minimum absolute atomic E-state index is 0.0357. The molecule has 2 N–H and O–H groups in total. The maximum atomic E-state index is 10.0. The van der Waals surface area contributed by atoms with Crippen molar-refractivity contribution in [3.8, 4) is 0 Å². The number of hydrogen-bond acceptors (Lipinski definition) is 4. The third kappa shape index (κ3) is 2.32. The lowest BCUT2D eigenvalue weighted by atomic mass is 9.69. The standard InChI is InChI=1S/C17H23BN2O3/c1-17(2)7-6-11-9-13-12(16(15(11)17)18(21)22)10-19-20(13)14-5-3-4-8-23-14/h9-10,14,21-22H,3-8H2,1-2H3. The van der Waals surface area contributed by atoms with Gasteiger partial charge in [-0.2, -0.15) is 5.10 Å². The summed E-state index contributed by atoms with van der Waals surface area (Å²) in [5.74, 6) is 0. The fraction of sp³-hybridized carbons (Fsp3) is 0.588. The molecule has 0 bridgehead atoms. The molecule has 2 heterocycles.